The van der Waals surface area contributed by atoms with Gasteiger partial charge in [-0.15, -0.1) is 0 Å². The van der Waals surface area contributed by atoms with E-state index in [0.29, 0.717) is 17.7 Å². The number of hydrogen-bond donors (Lipinski definition) is 0. The summed E-state index contributed by atoms with van der Waals surface area (Å²) in [6.45, 7) is 0. The Hall–Kier alpha value is -2.16. The third kappa shape index (κ3) is 2.44. The van der Waals surface area contributed by atoms with Crippen LogP contribution in [-0.2, 0) is 19.3 Å². The molecule has 1 aromatic carbocycles. The minimum atomic E-state index is 0.0715. The molecule has 1 aliphatic rings. The van der Waals surface area contributed by atoms with Crippen LogP contribution < -0.4 is 4.74 Å². The summed E-state index contributed by atoms with van der Waals surface area (Å²) in [5.41, 5.74) is 4.51. The zero-order valence-corrected chi connectivity index (χ0v) is 11.6. The van der Waals surface area contributed by atoms with Gasteiger partial charge < -0.3 is 4.74 Å². The van der Waals surface area contributed by atoms with Crippen LogP contribution in [-0.4, -0.2) is 17.9 Å². The molecule has 1 aromatic heterocycles. The number of nitrogens with zero attached hydrogens (tertiary/aromatic N) is 1. The van der Waals surface area contributed by atoms with Gasteiger partial charge in [-0.05, 0) is 42.0 Å². The van der Waals surface area contributed by atoms with E-state index in [4.69, 9.17) is 4.74 Å². The number of ether oxygens (including phenoxy) is 1. The number of pyridine rings is 1. The number of methoxy groups -OCH3 is 1. The Kier molecular flexibility index (Phi) is 3.50. The first kappa shape index (κ1) is 12.9. The topological polar surface area (TPSA) is 39.2 Å². The van der Waals surface area contributed by atoms with Crippen LogP contribution in [0.3, 0.4) is 0 Å². The Bertz CT molecular complexity index is 649. The minimum absolute atomic E-state index is 0.0715. The second-order valence-corrected chi connectivity index (χ2v) is 5.13. The van der Waals surface area contributed by atoms with Gasteiger partial charge in [0, 0.05) is 12.6 Å². The fourth-order valence-corrected chi connectivity index (χ4v) is 2.79. The number of Topliss-reactive ketones (excluding diaryl/α,β-unsaturated/α-hetero) is 1. The number of hydrogen-bond acceptors (Lipinski definition) is 3. The predicted octanol–water partition coefficient (Wildman–Crippen LogP) is 3.00. The number of ketones is 1. The van der Waals surface area contributed by atoms with E-state index in [9.17, 15) is 4.79 Å². The zero-order valence-electron chi connectivity index (χ0n) is 11.6. The molecule has 1 aliphatic carbocycles. The highest BCUT2D eigenvalue weighted by Crippen LogP contribution is 2.24. The summed E-state index contributed by atoms with van der Waals surface area (Å²) < 4.78 is 5.19. The lowest BCUT2D eigenvalue weighted by atomic mass is 10.00. The molecule has 0 N–H and O–H groups in total. The molecule has 1 heterocycles. The second-order valence-electron chi connectivity index (χ2n) is 5.13. The molecule has 0 spiro atoms. The van der Waals surface area contributed by atoms with Gasteiger partial charge in [-0.1, -0.05) is 18.2 Å². The summed E-state index contributed by atoms with van der Waals surface area (Å²) in [5.74, 6) is 0.612. The summed E-state index contributed by atoms with van der Waals surface area (Å²) in [4.78, 5) is 16.4. The first-order chi connectivity index (χ1) is 9.78. The molecule has 3 nitrogen and oxygen atoms in total. The maximum Gasteiger partial charge on any atom is 0.171 e. The monoisotopic (exact) mass is 267 g/mol. The van der Waals surface area contributed by atoms with Crippen LogP contribution in [0.5, 0.6) is 5.75 Å². The van der Waals surface area contributed by atoms with Crippen molar-refractivity contribution in [3.63, 3.8) is 0 Å². The molecule has 0 saturated carbocycles. The molecule has 0 fully saturated rings. The van der Waals surface area contributed by atoms with E-state index in [-0.39, 0.29) is 5.78 Å². The number of fused-ring (bicyclic) bond motifs is 1. The van der Waals surface area contributed by atoms with E-state index in [1.54, 1.807) is 25.6 Å². The minimum Gasteiger partial charge on any atom is -0.494 e. The van der Waals surface area contributed by atoms with E-state index in [1.165, 1.54) is 24.0 Å². The number of aryl methyl sites for hydroxylation is 2. The highest BCUT2D eigenvalue weighted by atomic mass is 16.5. The number of carbonyl (C=O) groups is 1. The summed E-state index contributed by atoms with van der Waals surface area (Å²) in [6.07, 6.45) is 7.14. The molecule has 0 aliphatic heterocycles. The maximum atomic E-state index is 12.4. The van der Waals surface area contributed by atoms with Gasteiger partial charge in [-0.25, -0.2) is 0 Å². The highest BCUT2D eigenvalue weighted by molar-refractivity contribution is 5.99. The number of carbonyl (C=O) groups excluding carboxylic acids is 1. The van der Waals surface area contributed by atoms with Crippen molar-refractivity contribution in [3.05, 3.63) is 58.9 Å². The lowest BCUT2D eigenvalue weighted by molar-refractivity contribution is 0.0990. The summed E-state index contributed by atoms with van der Waals surface area (Å²) in [5, 5.41) is 0. The Morgan fingerprint density at radius 3 is 2.95 bits per heavy atom. The van der Waals surface area contributed by atoms with Crippen LogP contribution in [0.2, 0.25) is 0 Å². The van der Waals surface area contributed by atoms with Crippen molar-refractivity contribution in [3.8, 4) is 5.75 Å². The largest absolute Gasteiger partial charge is 0.494 e. The van der Waals surface area contributed by atoms with Crippen molar-refractivity contribution in [1.82, 2.24) is 4.98 Å². The number of benzene rings is 1. The Labute approximate surface area is 118 Å². The van der Waals surface area contributed by atoms with Crippen molar-refractivity contribution >= 4 is 5.78 Å². The Morgan fingerprint density at radius 2 is 2.10 bits per heavy atom. The molecule has 0 radical (unpaired) electrons. The fourth-order valence-electron chi connectivity index (χ4n) is 2.79. The smallest absolute Gasteiger partial charge is 0.171 e. The van der Waals surface area contributed by atoms with Crippen molar-refractivity contribution in [2.45, 2.75) is 25.7 Å². The van der Waals surface area contributed by atoms with Gasteiger partial charge in [0.25, 0.3) is 0 Å². The first-order valence-electron chi connectivity index (χ1n) is 6.90. The third-order valence-corrected chi connectivity index (χ3v) is 3.83. The molecule has 102 valence electrons. The van der Waals surface area contributed by atoms with Crippen LogP contribution in [0, 0.1) is 0 Å². The van der Waals surface area contributed by atoms with E-state index < -0.39 is 0 Å². The van der Waals surface area contributed by atoms with Crippen LogP contribution in [0.1, 0.15) is 33.5 Å². The van der Waals surface area contributed by atoms with E-state index in [2.05, 4.69) is 23.2 Å². The molecule has 0 atom stereocenters. The first-order valence-corrected chi connectivity index (χ1v) is 6.90. The maximum absolute atomic E-state index is 12.4. The van der Waals surface area contributed by atoms with Gasteiger partial charge in [-0.3, -0.25) is 9.78 Å². The molecule has 20 heavy (non-hydrogen) atoms. The van der Waals surface area contributed by atoms with E-state index >= 15 is 0 Å². The standard InChI is InChI=1S/C17H17NO2/c1-20-17-11-18-8-7-15(17)16(19)10-12-5-6-13-3-2-4-14(13)9-12/h5-9,11H,2-4,10H2,1H3. The molecule has 3 rings (SSSR count). The van der Waals surface area contributed by atoms with E-state index in [1.807, 2.05) is 0 Å². The predicted molar refractivity (Wildman–Crippen MR) is 77.3 cm³/mol. The van der Waals surface area contributed by atoms with Crippen molar-refractivity contribution < 1.29 is 9.53 Å². The zero-order chi connectivity index (χ0) is 13.9. The van der Waals surface area contributed by atoms with Crippen LogP contribution in [0.25, 0.3) is 0 Å². The van der Waals surface area contributed by atoms with Gasteiger partial charge in [0.05, 0.1) is 18.9 Å². The molecule has 0 unspecified atom stereocenters. The summed E-state index contributed by atoms with van der Waals surface area (Å²) >= 11 is 0. The lowest BCUT2D eigenvalue weighted by Crippen LogP contribution is -2.06. The molecule has 0 saturated heterocycles. The average Bonchev–Trinajstić information content (AvgIpc) is 2.94. The molecule has 0 bridgehead atoms. The molecular weight excluding hydrogens is 250 g/mol. The van der Waals surface area contributed by atoms with Crippen molar-refractivity contribution in [1.29, 1.82) is 0 Å². The summed E-state index contributed by atoms with van der Waals surface area (Å²) in [7, 11) is 1.56. The lowest BCUT2D eigenvalue weighted by Gasteiger charge is -2.08. The molecule has 0 amide bonds. The number of aromatic nitrogens is 1. The number of rotatable bonds is 4. The average molecular weight is 267 g/mol. The summed E-state index contributed by atoms with van der Waals surface area (Å²) in [6, 6.07) is 8.12. The molecule has 3 heteroatoms. The van der Waals surface area contributed by atoms with Gasteiger partial charge in [0.1, 0.15) is 5.75 Å². The van der Waals surface area contributed by atoms with Gasteiger partial charge >= 0.3 is 0 Å². The fraction of sp³-hybridized carbons (Fsp3) is 0.294. The van der Waals surface area contributed by atoms with Gasteiger partial charge in [0.15, 0.2) is 5.78 Å². The van der Waals surface area contributed by atoms with E-state index in [0.717, 1.165) is 12.0 Å². The normalized spacial score (nSPS) is 13.1. The highest BCUT2D eigenvalue weighted by Gasteiger charge is 2.15. The van der Waals surface area contributed by atoms with Crippen LogP contribution >= 0.6 is 0 Å². The Balaban J connectivity index is 1.82. The molecule has 2 aromatic rings. The van der Waals surface area contributed by atoms with Gasteiger partial charge in [0.2, 0.25) is 0 Å². The SMILES string of the molecule is COc1cnccc1C(=O)Cc1ccc2c(c1)CCC2. The van der Waals surface area contributed by atoms with Crippen LogP contribution in [0.15, 0.2) is 36.7 Å². The van der Waals surface area contributed by atoms with Gasteiger partial charge in [-0.2, -0.15) is 0 Å². The van der Waals surface area contributed by atoms with Crippen molar-refractivity contribution in [2.75, 3.05) is 7.11 Å². The van der Waals surface area contributed by atoms with Crippen molar-refractivity contribution in [2.24, 2.45) is 0 Å². The second kappa shape index (κ2) is 5.45. The quantitative estimate of drug-likeness (QED) is 0.799. The third-order valence-electron chi connectivity index (χ3n) is 3.83. The van der Waals surface area contributed by atoms with Crippen LogP contribution in [0.4, 0.5) is 0 Å². The molecular formula is C17H17NO2. The Morgan fingerprint density at radius 1 is 1.25 bits per heavy atom.